The Kier molecular flexibility index (Phi) is 2.17. The fourth-order valence-electron chi connectivity index (χ4n) is 1.84. The number of benzene rings is 1. The van der Waals surface area contributed by atoms with Gasteiger partial charge in [-0.3, -0.25) is 4.79 Å². The molecule has 1 nitrogen and oxygen atoms in total. The van der Waals surface area contributed by atoms with E-state index in [0.29, 0.717) is 5.92 Å². The monoisotopic (exact) mass is 174 g/mol. The molecular formula is C12H14O. The molecule has 13 heavy (non-hydrogen) atoms. The summed E-state index contributed by atoms with van der Waals surface area (Å²) in [4.78, 5) is 10.9. The molecule has 1 aromatic carbocycles. The Balaban J connectivity index is 2.47. The summed E-state index contributed by atoms with van der Waals surface area (Å²) in [6.45, 7) is 2.10. The van der Waals surface area contributed by atoms with Gasteiger partial charge in [-0.15, -0.1) is 0 Å². The molecule has 1 fully saturated rings. The molecule has 1 saturated carbocycles. The average Bonchev–Trinajstić information content (AvgIpc) is 2.99. The van der Waals surface area contributed by atoms with Crippen molar-refractivity contribution in [1.82, 2.24) is 0 Å². The second-order valence-electron chi connectivity index (χ2n) is 3.67. The minimum Gasteiger partial charge on any atom is -0.298 e. The van der Waals surface area contributed by atoms with Crippen molar-refractivity contribution >= 4 is 6.29 Å². The highest BCUT2D eigenvalue weighted by Gasteiger charge is 2.26. The van der Waals surface area contributed by atoms with Crippen LogP contribution in [-0.2, 0) is 6.42 Å². The van der Waals surface area contributed by atoms with Crippen LogP contribution in [0.5, 0.6) is 0 Å². The minimum absolute atomic E-state index is 0.673. The summed E-state index contributed by atoms with van der Waals surface area (Å²) in [7, 11) is 0. The lowest BCUT2D eigenvalue weighted by Gasteiger charge is -2.07. The molecule has 0 amide bonds. The van der Waals surface area contributed by atoms with Gasteiger partial charge in [-0.1, -0.05) is 25.1 Å². The van der Waals surface area contributed by atoms with E-state index in [2.05, 4.69) is 25.1 Å². The number of aldehydes is 1. The second-order valence-corrected chi connectivity index (χ2v) is 3.67. The Bertz CT molecular complexity index is 324. The smallest absolute Gasteiger partial charge is 0.150 e. The minimum atomic E-state index is 0.673. The molecular weight excluding hydrogens is 160 g/mol. The van der Waals surface area contributed by atoms with Crippen molar-refractivity contribution in [1.29, 1.82) is 0 Å². The van der Waals surface area contributed by atoms with Crippen molar-refractivity contribution in [2.24, 2.45) is 0 Å². The molecule has 68 valence electrons. The SMILES string of the molecule is CCc1cccc(C2CC2)c1C=O. The molecule has 1 heteroatoms. The maximum absolute atomic E-state index is 10.9. The van der Waals surface area contributed by atoms with Crippen LogP contribution in [0, 0.1) is 0 Å². The highest BCUT2D eigenvalue weighted by atomic mass is 16.1. The van der Waals surface area contributed by atoms with E-state index in [0.717, 1.165) is 18.3 Å². The average molecular weight is 174 g/mol. The molecule has 0 unspecified atom stereocenters. The zero-order valence-electron chi connectivity index (χ0n) is 7.92. The van der Waals surface area contributed by atoms with E-state index in [1.54, 1.807) is 0 Å². The maximum atomic E-state index is 10.9. The molecule has 0 saturated heterocycles. The number of aryl methyl sites for hydroxylation is 1. The Hall–Kier alpha value is -1.11. The van der Waals surface area contributed by atoms with Gasteiger partial charge in [0.25, 0.3) is 0 Å². The van der Waals surface area contributed by atoms with Gasteiger partial charge >= 0.3 is 0 Å². The number of carbonyl (C=O) groups excluding carboxylic acids is 1. The van der Waals surface area contributed by atoms with Gasteiger partial charge in [0.05, 0.1) is 0 Å². The van der Waals surface area contributed by atoms with Crippen molar-refractivity contribution in [2.45, 2.75) is 32.1 Å². The van der Waals surface area contributed by atoms with Crippen molar-refractivity contribution < 1.29 is 4.79 Å². The van der Waals surface area contributed by atoms with E-state index < -0.39 is 0 Å². The highest BCUT2D eigenvalue weighted by molar-refractivity contribution is 5.80. The summed E-state index contributed by atoms with van der Waals surface area (Å²) in [5.74, 6) is 0.673. The zero-order chi connectivity index (χ0) is 9.26. The van der Waals surface area contributed by atoms with Crippen LogP contribution in [0.1, 0.15) is 47.2 Å². The van der Waals surface area contributed by atoms with Crippen LogP contribution >= 0.6 is 0 Å². The molecule has 0 bridgehead atoms. The normalized spacial score (nSPS) is 15.8. The van der Waals surface area contributed by atoms with Gasteiger partial charge in [0, 0.05) is 5.56 Å². The van der Waals surface area contributed by atoms with Crippen LogP contribution in [-0.4, -0.2) is 6.29 Å². The topological polar surface area (TPSA) is 17.1 Å². The Morgan fingerprint density at radius 1 is 1.46 bits per heavy atom. The van der Waals surface area contributed by atoms with Crippen LogP contribution in [0.15, 0.2) is 18.2 Å². The van der Waals surface area contributed by atoms with Crippen molar-refractivity contribution in [3.63, 3.8) is 0 Å². The first-order valence-electron chi connectivity index (χ1n) is 4.93. The van der Waals surface area contributed by atoms with Gasteiger partial charge in [-0.25, -0.2) is 0 Å². The molecule has 0 radical (unpaired) electrons. The third-order valence-corrected chi connectivity index (χ3v) is 2.75. The number of rotatable bonds is 3. The van der Waals surface area contributed by atoms with Crippen LogP contribution < -0.4 is 0 Å². The quantitative estimate of drug-likeness (QED) is 0.644. The Morgan fingerprint density at radius 2 is 2.23 bits per heavy atom. The van der Waals surface area contributed by atoms with Gasteiger partial charge in [0.1, 0.15) is 0 Å². The van der Waals surface area contributed by atoms with E-state index in [1.807, 2.05) is 0 Å². The van der Waals surface area contributed by atoms with Crippen LogP contribution in [0.3, 0.4) is 0 Å². The molecule has 0 spiro atoms. The molecule has 1 aliphatic carbocycles. The lowest BCUT2D eigenvalue weighted by atomic mass is 9.97. The predicted octanol–water partition coefficient (Wildman–Crippen LogP) is 2.94. The zero-order valence-corrected chi connectivity index (χ0v) is 7.92. The number of carbonyl (C=O) groups is 1. The molecule has 0 aromatic heterocycles. The Morgan fingerprint density at radius 3 is 2.77 bits per heavy atom. The van der Waals surface area contributed by atoms with E-state index >= 15 is 0 Å². The summed E-state index contributed by atoms with van der Waals surface area (Å²) in [6, 6.07) is 6.22. The van der Waals surface area contributed by atoms with E-state index in [4.69, 9.17) is 0 Å². The van der Waals surface area contributed by atoms with Crippen LogP contribution in [0.2, 0.25) is 0 Å². The van der Waals surface area contributed by atoms with Crippen LogP contribution in [0.25, 0.3) is 0 Å². The third-order valence-electron chi connectivity index (χ3n) is 2.75. The largest absolute Gasteiger partial charge is 0.298 e. The summed E-state index contributed by atoms with van der Waals surface area (Å²) in [5.41, 5.74) is 3.42. The molecule has 0 N–H and O–H groups in total. The van der Waals surface area contributed by atoms with Gasteiger partial charge in [-0.2, -0.15) is 0 Å². The van der Waals surface area contributed by atoms with Crippen molar-refractivity contribution in [3.8, 4) is 0 Å². The first-order valence-corrected chi connectivity index (χ1v) is 4.93. The van der Waals surface area contributed by atoms with E-state index in [1.165, 1.54) is 24.0 Å². The van der Waals surface area contributed by atoms with E-state index in [-0.39, 0.29) is 0 Å². The summed E-state index contributed by atoms with van der Waals surface area (Å²) < 4.78 is 0. The number of hydrogen-bond acceptors (Lipinski definition) is 1. The fraction of sp³-hybridized carbons (Fsp3) is 0.417. The summed E-state index contributed by atoms with van der Waals surface area (Å²) in [6.07, 6.45) is 4.49. The summed E-state index contributed by atoms with van der Waals surface area (Å²) in [5, 5.41) is 0. The van der Waals surface area contributed by atoms with Gasteiger partial charge in [-0.05, 0) is 36.3 Å². The molecule has 1 aromatic rings. The van der Waals surface area contributed by atoms with Gasteiger partial charge < -0.3 is 0 Å². The lowest BCUT2D eigenvalue weighted by molar-refractivity contribution is 0.112. The van der Waals surface area contributed by atoms with Gasteiger partial charge in [0.15, 0.2) is 6.29 Å². The van der Waals surface area contributed by atoms with Crippen LogP contribution in [0.4, 0.5) is 0 Å². The van der Waals surface area contributed by atoms with Crippen molar-refractivity contribution in [3.05, 3.63) is 34.9 Å². The van der Waals surface area contributed by atoms with E-state index in [9.17, 15) is 4.79 Å². The molecule has 2 rings (SSSR count). The van der Waals surface area contributed by atoms with Gasteiger partial charge in [0.2, 0.25) is 0 Å². The molecule has 0 aliphatic heterocycles. The number of hydrogen-bond donors (Lipinski definition) is 0. The lowest BCUT2D eigenvalue weighted by Crippen LogP contribution is -1.96. The second kappa shape index (κ2) is 3.33. The van der Waals surface area contributed by atoms with Crippen molar-refractivity contribution in [2.75, 3.05) is 0 Å². The fourth-order valence-corrected chi connectivity index (χ4v) is 1.84. The molecule has 0 heterocycles. The predicted molar refractivity (Wildman–Crippen MR) is 53.2 cm³/mol. The summed E-state index contributed by atoms with van der Waals surface area (Å²) >= 11 is 0. The first-order chi connectivity index (χ1) is 6.36. The Labute approximate surface area is 78.8 Å². The standard InChI is InChI=1S/C12H14O/c1-2-9-4-3-5-11(10-6-7-10)12(9)8-13/h3-5,8,10H,2,6-7H2,1H3. The highest BCUT2D eigenvalue weighted by Crippen LogP contribution is 2.41. The molecule has 0 atom stereocenters. The third kappa shape index (κ3) is 1.51. The first kappa shape index (κ1) is 8.49. The molecule has 1 aliphatic rings. The maximum Gasteiger partial charge on any atom is 0.150 e.